The van der Waals surface area contributed by atoms with Crippen LogP contribution in [-0.4, -0.2) is 11.6 Å². The molecule has 0 spiro atoms. The third-order valence-corrected chi connectivity index (χ3v) is 3.35. The Labute approximate surface area is 119 Å². The summed E-state index contributed by atoms with van der Waals surface area (Å²) in [4.78, 5) is 9.44. The summed E-state index contributed by atoms with van der Waals surface area (Å²) in [5.41, 5.74) is 1.24. The fourth-order valence-corrected chi connectivity index (χ4v) is 2.49. The summed E-state index contributed by atoms with van der Waals surface area (Å²) in [7, 11) is 0. The van der Waals surface area contributed by atoms with E-state index >= 15 is 0 Å². The predicted octanol–water partition coefficient (Wildman–Crippen LogP) is 3.90. The minimum absolute atomic E-state index is 0.251. The van der Waals surface area contributed by atoms with Gasteiger partial charge < -0.3 is 0 Å². The van der Waals surface area contributed by atoms with Gasteiger partial charge in [0.15, 0.2) is 0 Å². The predicted molar refractivity (Wildman–Crippen MR) is 71.4 cm³/mol. The van der Waals surface area contributed by atoms with Gasteiger partial charge in [0.25, 0.3) is 0 Å². The highest BCUT2D eigenvalue weighted by Gasteiger charge is 2.28. The third kappa shape index (κ3) is 2.59. The van der Waals surface area contributed by atoms with Crippen LogP contribution in [0.15, 0.2) is 36.5 Å². The Bertz CT molecular complexity index is 618. The lowest BCUT2D eigenvalue weighted by molar-refractivity contribution is 0.159. The normalized spacial score (nSPS) is 18.6. The SMILES string of the molecule is Fc1cc(F)cc([C@H]2CCON2c2ccnc(Cl)c2)c1. The second-order valence-electron chi connectivity index (χ2n) is 4.50. The Morgan fingerprint density at radius 1 is 1.20 bits per heavy atom. The van der Waals surface area contributed by atoms with E-state index in [9.17, 15) is 8.78 Å². The monoisotopic (exact) mass is 296 g/mol. The van der Waals surface area contributed by atoms with E-state index < -0.39 is 11.6 Å². The van der Waals surface area contributed by atoms with Gasteiger partial charge in [0.2, 0.25) is 0 Å². The number of aromatic nitrogens is 1. The van der Waals surface area contributed by atoms with Crippen molar-refractivity contribution in [1.82, 2.24) is 4.98 Å². The Balaban J connectivity index is 1.96. The molecule has 20 heavy (non-hydrogen) atoms. The molecular formula is C14H11ClF2N2O. The lowest BCUT2D eigenvalue weighted by Gasteiger charge is -2.24. The Morgan fingerprint density at radius 2 is 1.95 bits per heavy atom. The number of hydroxylamine groups is 1. The number of halogens is 3. The van der Waals surface area contributed by atoms with Crippen molar-refractivity contribution < 1.29 is 13.6 Å². The number of hydrogen-bond acceptors (Lipinski definition) is 3. The summed E-state index contributed by atoms with van der Waals surface area (Å²) in [5, 5.41) is 1.95. The molecule has 1 saturated heterocycles. The zero-order valence-electron chi connectivity index (χ0n) is 10.4. The van der Waals surface area contributed by atoms with Gasteiger partial charge in [0.1, 0.15) is 16.8 Å². The van der Waals surface area contributed by atoms with Crippen molar-refractivity contribution in [2.24, 2.45) is 0 Å². The summed E-state index contributed by atoms with van der Waals surface area (Å²) in [5.74, 6) is -1.20. The molecule has 0 amide bonds. The fraction of sp³-hybridized carbons (Fsp3) is 0.214. The van der Waals surface area contributed by atoms with Gasteiger partial charge >= 0.3 is 0 Å². The van der Waals surface area contributed by atoms with Gasteiger partial charge in [-0.25, -0.2) is 18.8 Å². The first-order chi connectivity index (χ1) is 9.63. The molecule has 1 fully saturated rings. The average Bonchev–Trinajstić information content (AvgIpc) is 2.86. The lowest BCUT2D eigenvalue weighted by atomic mass is 10.0. The Hall–Kier alpha value is -1.72. The molecule has 2 heterocycles. The van der Waals surface area contributed by atoms with Crippen LogP contribution in [0.3, 0.4) is 0 Å². The van der Waals surface area contributed by atoms with Crippen molar-refractivity contribution in [3.05, 3.63) is 58.9 Å². The first-order valence-electron chi connectivity index (χ1n) is 6.13. The maximum atomic E-state index is 13.3. The van der Waals surface area contributed by atoms with E-state index in [0.29, 0.717) is 29.4 Å². The first-order valence-corrected chi connectivity index (χ1v) is 6.51. The fourth-order valence-electron chi connectivity index (χ4n) is 2.32. The van der Waals surface area contributed by atoms with Gasteiger partial charge in [0, 0.05) is 24.8 Å². The van der Waals surface area contributed by atoms with E-state index in [1.54, 1.807) is 23.4 Å². The van der Waals surface area contributed by atoms with Crippen LogP contribution >= 0.6 is 11.6 Å². The van der Waals surface area contributed by atoms with Crippen LogP contribution in [0.2, 0.25) is 5.15 Å². The molecule has 1 aliphatic heterocycles. The molecule has 6 heteroatoms. The summed E-state index contributed by atoms with van der Waals surface area (Å²) < 4.78 is 26.7. The molecule has 2 aromatic rings. The zero-order chi connectivity index (χ0) is 14.1. The van der Waals surface area contributed by atoms with E-state index in [0.717, 1.165) is 6.07 Å². The summed E-state index contributed by atoms with van der Waals surface area (Å²) >= 11 is 5.85. The molecule has 104 valence electrons. The van der Waals surface area contributed by atoms with Crippen molar-refractivity contribution in [3.8, 4) is 0 Å². The van der Waals surface area contributed by atoms with Crippen LogP contribution in [-0.2, 0) is 4.84 Å². The number of rotatable bonds is 2. The number of pyridine rings is 1. The van der Waals surface area contributed by atoms with Gasteiger partial charge in [-0.05, 0) is 23.8 Å². The molecule has 0 radical (unpaired) electrons. The minimum Gasteiger partial charge on any atom is -0.273 e. The van der Waals surface area contributed by atoms with E-state index in [4.69, 9.17) is 16.4 Å². The number of hydrogen-bond donors (Lipinski definition) is 0. The van der Waals surface area contributed by atoms with Crippen LogP contribution in [0.25, 0.3) is 0 Å². The molecule has 3 rings (SSSR count). The lowest BCUT2D eigenvalue weighted by Crippen LogP contribution is -2.21. The van der Waals surface area contributed by atoms with E-state index in [-0.39, 0.29) is 6.04 Å². The van der Waals surface area contributed by atoms with Crippen LogP contribution in [0.4, 0.5) is 14.5 Å². The van der Waals surface area contributed by atoms with Gasteiger partial charge in [-0.2, -0.15) is 0 Å². The smallest absolute Gasteiger partial charge is 0.131 e. The van der Waals surface area contributed by atoms with Crippen LogP contribution < -0.4 is 5.06 Å². The van der Waals surface area contributed by atoms with E-state index in [1.165, 1.54) is 12.1 Å². The standard InChI is InChI=1S/C14H11ClF2N2O/c15-14-8-12(1-3-18-14)19-13(2-4-20-19)9-5-10(16)7-11(17)6-9/h1,3,5-8,13H,2,4H2/t13-/m1/s1. The second-order valence-corrected chi connectivity index (χ2v) is 4.89. The molecule has 1 aliphatic rings. The average molecular weight is 297 g/mol. The van der Waals surface area contributed by atoms with Crippen LogP contribution in [0, 0.1) is 11.6 Å². The van der Waals surface area contributed by atoms with Crippen molar-refractivity contribution in [3.63, 3.8) is 0 Å². The second kappa shape index (κ2) is 5.34. The Morgan fingerprint density at radius 3 is 2.65 bits per heavy atom. The van der Waals surface area contributed by atoms with Crippen molar-refractivity contribution in [2.75, 3.05) is 11.7 Å². The van der Waals surface area contributed by atoms with Crippen molar-refractivity contribution in [2.45, 2.75) is 12.5 Å². The van der Waals surface area contributed by atoms with Crippen molar-refractivity contribution in [1.29, 1.82) is 0 Å². The molecule has 0 aliphatic carbocycles. The Kier molecular flexibility index (Phi) is 3.54. The molecule has 1 aromatic heterocycles. The van der Waals surface area contributed by atoms with Crippen molar-refractivity contribution >= 4 is 17.3 Å². The summed E-state index contributed by atoms with van der Waals surface area (Å²) in [6.45, 7) is 0.475. The van der Waals surface area contributed by atoms with Gasteiger partial charge in [-0.15, -0.1) is 0 Å². The van der Waals surface area contributed by atoms with Crippen LogP contribution in [0.5, 0.6) is 0 Å². The van der Waals surface area contributed by atoms with Gasteiger partial charge in [0.05, 0.1) is 18.3 Å². The third-order valence-electron chi connectivity index (χ3n) is 3.14. The largest absolute Gasteiger partial charge is 0.273 e. The number of anilines is 1. The van der Waals surface area contributed by atoms with Gasteiger partial charge in [-0.3, -0.25) is 4.84 Å². The zero-order valence-corrected chi connectivity index (χ0v) is 11.1. The molecule has 0 unspecified atom stereocenters. The molecule has 1 atom stereocenters. The quantitative estimate of drug-likeness (QED) is 0.786. The van der Waals surface area contributed by atoms with E-state index in [2.05, 4.69) is 4.98 Å². The van der Waals surface area contributed by atoms with Crippen LogP contribution in [0.1, 0.15) is 18.0 Å². The van der Waals surface area contributed by atoms with Gasteiger partial charge in [-0.1, -0.05) is 11.6 Å². The van der Waals surface area contributed by atoms with E-state index in [1.807, 2.05) is 0 Å². The highest BCUT2D eigenvalue weighted by molar-refractivity contribution is 6.29. The first kappa shape index (κ1) is 13.3. The summed E-state index contributed by atoms with van der Waals surface area (Å²) in [6, 6.07) is 6.62. The minimum atomic E-state index is -0.598. The molecule has 0 N–H and O–H groups in total. The number of benzene rings is 1. The maximum Gasteiger partial charge on any atom is 0.131 e. The number of nitrogens with zero attached hydrogens (tertiary/aromatic N) is 2. The highest BCUT2D eigenvalue weighted by atomic mass is 35.5. The molecule has 0 bridgehead atoms. The molecule has 1 aromatic carbocycles. The molecule has 3 nitrogen and oxygen atoms in total. The highest BCUT2D eigenvalue weighted by Crippen LogP contribution is 2.35. The topological polar surface area (TPSA) is 25.4 Å². The molecule has 0 saturated carbocycles. The summed E-state index contributed by atoms with van der Waals surface area (Å²) in [6.07, 6.45) is 2.20. The molecular weight excluding hydrogens is 286 g/mol. The maximum absolute atomic E-state index is 13.3.